The average Bonchev–Trinajstić information content (AvgIpc) is 2.75. The summed E-state index contributed by atoms with van der Waals surface area (Å²) in [5.41, 5.74) is 4.64. The lowest BCUT2D eigenvalue weighted by molar-refractivity contribution is 0.156. The van der Waals surface area contributed by atoms with Gasteiger partial charge in [-0.2, -0.15) is 0 Å². The molecule has 0 spiro atoms. The van der Waals surface area contributed by atoms with E-state index in [1.165, 1.54) is 16.7 Å². The van der Waals surface area contributed by atoms with E-state index in [4.69, 9.17) is 0 Å². The van der Waals surface area contributed by atoms with Crippen molar-refractivity contribution in [2.75, 3.05) is 38.0 Å². The third-order valence-corrected chi connectivity index (χ3v) is 5.55. The van der Waals surface area contributed by atoms with Gasteiger partial charge in [-0.3, -0.25) is 4.90 Å². The van der Waals surface area contributed by atoms with Crippen molar-refractivity contribution in [3.05, 3.63) is 71.3 Å². The molecule has 1 aliphatic rings. The molecule has 154 valence electrons. The molecule has 3 rings (SSSR count). The van der Waals surface area contributed by atoms with E-state index in [0.717, 1.165) is 44.8 Å². The first kappa shape index (κ1) is 21.1. The van der Waals surface area contributed by atoms with Gasteiger partial charge < -0.3 is 10.2 Å². The van der Waals surface area contributed by atoms with Gasteiger partial charge in [0.2, 0.25) is 0 Å². The summed E-state index contributed by atoms with van der Waals surface area (Å²) in [6.07, 6.45) is 5.28. The zero-order chi connectivity index (χ0) is 20.6. The number of urea groups is 1. The number of amides is 2. The van der Waals surface area contributed by atoms with Crippen molar-refractivity contribution in [2.45, 2.75) is 33.1 Å². The molecule has 2 aromatic carbocycles. The van der Waals surface area contributed by atoms with E-state index in [0.29, 0.717) is 5.92 Å². The van der Waals surface area contributed by atoms with Crippen LogP contribution < -0.4 is 5.32 Å². The number of nitrogens with one attached hydrogen (secondary N) is 1. The molecule has 0 aromatic heterocycles. The Kier molecular flexibility index (Phi) is 7.48. The number of benzene rings is 2. The van der Waals surface area contributed by atoms with Gasteiger partial charge in [0.05, 0.1) is 0 Å². The van der Waals surface area contributed by atoms with E-state index in [-0.39, 0.29) is 6.03 Å². The first-order chi connectivity index (χ1) is 14.1. The molecule has 0 radical (unpaired) electrons. The molecule has 29 heavy (non-hydrogen) atoms. The lowest BCUT2D eigenvalue weighted by Crippen LogP contribution is -2.50. The second-order valence-electron chi connectivity index (χ2n) is 7.92. The lowest BCUT2D eigenvalue weighted by atomic mass is 9.96. The third-order valence-electron chi connectivity index (χ3n) is 5.55. The SMILES string of the molecule is CCc1cccc(C(C)C)c1NC(=O)N1CCN(CC=Cc2ccccc2)CC1. The number of carbonyl (C=O) groups excluding carboxylic acids is 1. The predicted octanol–water partition coefficient (Wildman–Crippen LogP) is 5.24. The molecule has 0 saturated carbocycles. The summed E-state index contributed by atoms with van der Waals surface area (Å²) in [6.45, 7) is 10.7. The number of hydrogen-bond acceptors (Lipinski definition) is 2. The Hall–Kier alpha value is -2.59. The Morgan fingerprint density at radius 1 is 1.03 bits per heavy atom. The maximum Gasteiger partial charge on any atom is 0.321 e. The van der Waals surface area contributed by atoms with Crippen LogP contribution in [0.2, 0.25) is 0 Å². The van der Waals surface area contributed by atoms with Crippen LogP contribution in [0, 0.1) is 0 Å². The summed E-state index contributed by atoms with van der Waals surface area (Å²) in [7, 11) is 0. The number of carbonyl (C=O) groups is 1. The van der Waals surface area contributed by atoms with Crippen LogP contribution in [0.5, 0.6) is 0 Å². The Morgan fingerprint density at radius 3 is 2.41 bits per heavy atom. The molecule has 1 saturated heterocycles. The fourth-order valence-electron chi connectivity index (χ4n) is 3.77. The van der Waals surface area contributed by atoms with E-state index in [1.54, 1.807) is 0 Å². The smallest absolute Gasteiger partial charge is 0.321 e. The summed E-state index contributed by atoms with van der Waals surface area (Å²) in [5.74, 6) is 0.380. The van der Waals surface area contributed by atoms with E-state index in [1.807, 2.05) is 11.0 Å². The normalized spacial score (nSPS) is 15.2. The van der Waals surface area contributed by atoms with E-state index < -0.39 is 0 Å². The van der Waals surface area contributed by atoms with E-state index >= 15 is 0 Å². The lowest BCUT2D eigenvalue weighted by Gasteiger charge is -2.34. The van der Waals surface area contributed by atoms with Crippen LogP contribution in [-0.4, -0.2) is 48.6 Å². The topological polar surface area (TPSA) is 35.6 Å². The first-order valence-corrected chi connectivity index (χ1v) is 10.7. The fourth-order valence-corrected chi connectivity index (χ4v) is 3.77. The van der Waals surface area contributed by atoms with Crippen molar-refractivity contribution in [3.63, 3.8) is 0 Å². The molecule has 0 bridgehead atoms. The highest BCUT2D eigenvalue weighted by Crippen LogP contribution is 2.28. The molecule has 0 unspecified atom stereocenters. The molecule has 1 N–H and O–H groups in total. The minimum absolute atomic E-state index is 0.0206. The first-order valence-electron chi connectivity index (χ1n) is 10.7. The molecule has 4 heteroatoms. The van der Waals surface area contributed by atoms with Crippen LogP contribution in [0.25, 0.3) is 6.08 Å². The minimum Gasteiger partial charge on any atom is -0.322 e. The molecule has 1 aliphatic heterocycles. The van der Waals surface area contributed by atoms with Crippen LogP contribution in [-0.2, 0) is 6.42 Å². The van der Waals surface area contributed by atoms with Crippen molar-refractivity contribution in [1.82, 2.24) is 9.80 Å². The highest BCUT2D eigenvalue weighted by Gasteiger charge is 2.22. The summed E-state index contributed by atoms with van der Waals surface area (Å²) in [5, 5.41) is 3.22. The molecular formula is C25H33N3O. The summed E-state index contributed by atoms with van der Waals surface area (Å²) in [6, 6.07) is 16.7. The second-order valence-corrected chi connectivity index (χ2v) is 7.92. The minimum atomic E-state index is 0.0206. The number of anilines is 1. The molecule has 1 fully saturated rings. The van der Waals surface area contributed by atoms with Gasteiger partial charge in [0, 0.05) is 38.4 Å². The zero-order valence-corrected chi connectivity index (χ0v) is 17.9. The Labute approximate surface area is 175 Å². The van der Waals surface area contributed by atoms with Gasteiger partial charge >= 0.3 is 6.03 Å². The monoisotopic (exact) mass is 391 g/mol. The van der Waals surface area contributed by atoms with Gasteiger partial charge in [0.15, 0.2) is 0 Å². The average molecular weight is 392 g/mol. The quantitative estimate of drug-likeness (QED) is 0.731. The number of piperazine rings is 1. The number of para-hydroxylation sites is 1. The molecule has 0 atom stereocenters. The van der Waals surface area contributed by atoms with Crippen LogP contribution in [0.1, 0.15) is 43.4 Å². The number of hydrogen-bond donors (Lipinski definition) is 1. The van der Waals surface area contributed by atoms with Gasteiger partial charge in [-0.1, -0.05) is 81.5 Å². The molecule has 0 aliphatic carbocycles. The summed E-state index contributed by atoms with van der Waals surface area (Å²) < 4.78 is 0. The van der Waals surface area contributed by atoms with Crippen LogP contribution >= 0.6 is 0 Å². The van der Waals surface area contributed by atoms with Crippen molar-refractivity contribution >= 4 is 17.8 Å². The largest absolute Gasteiger partial charge is 0.322 e. The van der Waals surface area contributed by atoms with Gasteiger partial charge in [-0.05, 0) is 29.0 Å². The highest BCUT2D eigenvalue weighted by atomic mass is 16.2. The van der Waals surface area contributed by atoms with E-state index in [9.17, 15) is 4.79 Å². The highest BCUT2D eigenvalue weighted by molar-refractivity contribution is 5.91. The van der Waals surface area contributed by atoms with Crippen molar-refractivity contribution < 1.29 is 4.79 Å². The standard InChI is InChI=1S/C25H33N3O/c1-4-22-13-8-14-23(20(2)3)24(22)26-25(29)28-18-16-27(17-19-28)15-9-12-21-10-6-5-7-11-21/h5-14,20H,4,15-19H2,1-3H3,(H,26,29). The second kappa shape index (κ2) is 10.3. The van der Waals surface area contributed by atoms with E-state index in [2.05, 4.69) is 85.6 Å². The number of nitrogens with zero attached hydrogens (tertiary/aromatic N) is 2. The van der Waals surface area contributed by atoms with Crippen LogP contribution in [0.15, 0.2) is 54.6 Å². The molecule has 4 nitrogen and oxygen atoms in total. The number of rotatable bonds is 6. The Morgan fingerprint density at radius 2 is 1.76 bits per heavy atom. The third kappa shape index (κ3) is 5.70. The Bertz CT molecular complexity index is 821. The predicted molar refractivity (Wildman–Crippen MR) is 122 cm³/mol. The maximum atomic E-state index is 12.9. The van der Waals surface area contributed by atoms with Gasteiger partial charge in [-0.25, -0.2) is 4.79 Å². The molecular weight excluding hydrogens is 358 g/mol. The molecule has 1 heterocycles. The van der Waals surface area contributed by atoms with Gasteiger partial charge in [0.1, 0.15) is 0 Å². The Balaban J connectivity index is 1.54. The van der Waals surface area contributed by atoms with Crippen LogP contribution in [0.4, 0.5) is 10.5 Å². The number of aryl methyl sites for hydroxylation is 1. The maximum absolute atomic E-state index is 12.9. The summed E-state index contributed by atoms with van der Waals surface area (Å²) in [4.78, 5) is 17.2. The van der Waals surface area contributed by atoms with Crippen molar-refractivity contribution in [2.24, 2.45) is 0 Å². The van der Waals surface area contributed by atoms with Crippen LogP contribution in [0.3, 0.4) is 0 Å². The van der Waals surface area contributed by atoms with Gasteiger partial charge in [0.25, 0.3) is 0 Å². The van der Waals surface area contributed by atoms with Crippen molar-refractivity contribution in [1.29, 1.82) is 0 Å². The molecule has 2 aromatic rings. The van der Waals surface area contributed by atoms with Crippen molar-refractivity contribution in [3.8, 4) is 0 Å². The zero-order valence-electron chi connectivity index (χ0n) is 17.9. The molecule has 2 amide bonds. The fraction of sp³-hybridized carbons (Fsp3) is 0.400. The van der Waals surface area contributed by atoms with Gasteiger partial charge in [-0.15, -0.1) is 0 Å². The summed E-state index contributed by atoms with van der Waals surface area (Å²) >= 11 is 0.